The Morgan fingerprint density at radius 3 is 2.52 bits per heavy atom. The predicted molar refractivity (Wildman–Crippen MR) is 89.3 cm³/mol. The monoisotopic (exact) mass is 343 g/mol. The summed E-state index contributed by atoms with van der Waals surface area (Å²) >= 11 is 0. The first-order valence-electron chi connectivity index (χ1n) is 7.59. The molecule has 0 aromatic heterocycles. The van der Waals surface area contributed by atoms with Crippen molar-refractivity contribution in [1.29, 1.82) is 0 Å². The van der Waals surface area contributed by atoms with Crippen molar-refractivity contribution in [3.05, 3.63) is 35.6 Å². The van der Waals surface area contributed by atoms with Crippen LogP contribution in [-0.2, 0) is 4.79 Å². The van der Waals surface area contributed by atoms with Crippen LogP contribution in [0, 0.1) is 5.82 Å². The Bertz CT molecular complexity index is 534. The summed E-state index contributed by atoms with van der Waals surface area (Å²) in [6.45, 7) is 1.71. The third kappa shape index (κ3) is 5.48. The van der Waals surface area contributed by atoms with Gasteiger partial charge in [-0.3, -0.25) is 9.59 Å². The summed E-state index contributed by atoms with van der Waals surface area (Å²) in [5.74, 6) is -0.749. The van der Waals surface area contributed by atoms with Gasteiger partial charge >= 0.3 is 0 Å². The molecule has 0 spiro atoms. The van der Waals surface area contributed by atoms with Crippen molar-refractivity contribution in [2.45, 2.75) is 25.3 Å². The van der Waals surface area contributed by atoms with Gasteiger partial charge in [0.05, 0.1) is 5.56 Å². The second-order valence-electron chi connectivity index (χ2n) is 5.47. The van der Waals surface area contributed by atoms with Gasteiger partial charge in [0.1, 0.15) is 5.82 Å². The first-order valence-corrected chi connectivity index (χ1v) is 7.59. The number of carbonyl (C=O) groups excluding carboxylic acids is 2. The molecule has 2 N–H and O–H groups in total. The molecule has 1 heterocycles. The molecule has 1 aromatic carbocycles. The standard InChI is InChI=1S/C16H22FN3O2.ClH/c1-18-9-6-15(21)19-12-7-10-20(11-8-12)16(22)13-4-2-3-5-14(13)17;/h2-5,12,18H,6-11H2,1H3,(H,19,21);1H. The Morgan fingerprint density at radius 2 is 1.91 bits per heavy atom. The van der Waals surface area contributed by atoms with E-state index in [9.17, 15) is 14.0 Å². The Kier molecular flexibility index (Phi) is 7.98. The highest BCUT2D eigenvalue weighted by molar-refractivity contribution is 5.94. The van der Waals surface area contributed by atoms with E-state index in [0.29, 0.717) is 38.9 Å². The van der Waals surface area contributed by atoms with Gasteiger partial charge in [0, 0.05) is 32.1 Å². The lowest BCUT2D eigenvalue weighted by Crippen LogP contribution is -2.47. The van der Waals surface area contributed by atoms with Gasteiger partial charge in [-0.15, -0.1) is 12.4 Å². The van der Waals surface area contributed by atoms with E-state index in [4.69, 9.17) is 0 Å². The van der Waals surface area contributed by atoms with Crippen molar-refractivity contribution < 1.29 is 14.0 Å². The molecular formula is C16H23ClFN3O2. The van der Waals surface area contributed by atoms with Crippen molar-refractivity contribution in [2.75, 3.05) is 26.7 Å². The topological polar surface area (TPSA) is 61.4 Å². The molecule has 0 saturated carbocycles. The number of nitrogens with zero attached hydrogens (tertiary/aromatic N) is 1. The number of rotatable bonds is 5. The minimum atomic E-state index is -0.491. The van der Waals surface area contributed by atoms with Crippen LogP contribution in [0.2, 0.25) is 0 Å². The number of hydrogen-bond acceptors (Lipinski definition) is 3. The van der Waals surface area contributed by atoms with Gasteiger partial charge in [-0.05, 0) is 32.0 Å². The largest absolute Gasteiger partial charge is 0.353 e. The van der Waals surface area contributed by atoms with E-state index >= 15 is 0 Å². The number of likely N-dealkylation sites (tertiary alicyclic amines) is 1. The molecule has 2 amide bonds. The van der Waals surface area contributed by atoms with Crippen LogP contribution >= 0.6 is 12.4 Å². The van der Waals surface area contributed by atoms with Crippen LogP contribution < -0.4 is 10.6 Å². The van der Waals surface area contributed by atoms with E-state index < -0.39 is 5.82 Å². The van der Waals surface area contributed by atoms with Gasteiger partial charge in [-0.1, -0.05) is 12.1 Å². The Morgan fingerprint density at radius 1 is 1.26 bits per heavy atom. The van der Waals surface area contributed by atoms with E-state index in [0.717, 1.165) is 0 Å². The minimum absolute atomic E-state index is 0. The summed E-state index contributed by atoms with van der Waals surface area (Å²) in [4.78, 5) is 25.6. The lowest BCUT2D eigenvalue weighted by Gasteiger charge is -2.32. The molecular weight excluding hydrogens is 321 g/mol. The van der Waals surface area contributed by atoms with E-state index in [-0.39, 0.29) is 35.8 Å². The molecule has 1 saturated heterocycles. The van der Waals surface area contributed by atoms with E-state index in [1.807, 2.05) is 0 Å². The van der Waals surface area contributed by atoms with Gasteiger partial charge in [0.25, 0.3) is 5.91 Å². The van der Waals surface area contributed by atoms with Crippen molar-refractivity contribution >= 4 is 24.2 Å². The van der Waals surface area contributed by atoms with Gasteiger partial charge in [-0.25, -0.2) is 4.39 Å². The molecule has 23 heavy (non-hydrogen) atoms. The molecule has 0 aliphatic carbocycles. The van der Waals surface area contributed by atoms with Crippen molar-refractivity contribution in [2.24, 2.45) is 0 Å². The minimum Gasteiger partial charge on any atom is -0.353 e. The van der Waals surface area contributed by atoms with Gasteiger partial charge in [0.15, 0.2) is 0 Å². The number of hydrogen-bond donors (Lipinski definition) is 2. The van der Waals surface area contributed by atoms with Gasteiger partial charge < -0.3 is 15.5 Å². The third-order valence-corrected chi connectivity index (χ3v) is 3.85. The quantitative estimate of drug-likeness (QED) is 0.853. The van der Waals surface area contributed by atoms with Crippen molar-refractivity contribution in [3.63, 3.8) is 0 Å². The molecule has 128 valence electrons. The lowest BCUT2D eigenvalue weighted by atomic mass is 10.0. The van der Waals surface area contributed by atoms with E-state index in [1.165, 1.54) is 12.1 Å². The molecule has 2 rings (SSSR count). The average Bonchev–Trinajstić information content (AvgIpc) is 2.53. The Labute approximate surface area is 142 Å². The van der Waals surface area contributed by atoms with Gasteiger partial charge in [-0.2, -0.15) is 0 Å². The number of halogens is 2. The zero-order chi connectivity index (χ0) is 15.9. The second kappa shape index (κ2) is 9.47. The summed E-state index contributed by atoms with van der Waals surface area (Å²) in [6, 6.07) is 6.11. The number of benzene rings is 1. The second-order valence-corrected chi connectivity index (χ2v) is 5.47. The highest BCUT2D eigenvalue weighted by Gasteiger charge is 2.25. The fourth-order valence-corrected chi connectivity index (χ4v) is 2.57. The van der Waals surface area contributed by atoms with Crippen molar-refractivity contribution in [1.82, 2.24) is 15.5 Å². The summed E-state index contributed by atoms with van der Waals surface area (Å²) in [5, 5.41) is 5.91. The van der Waals surface area contributed by atoms with Crippen LogP contribution in [0.15, 0.2) is 24.3 Å². The molecule has 1 aliphatic heterocycles. The average molecular weight is 344 g/mol. The summed E-state index contributed by atoms with van der Waals surface area (Å²) in [6.07, 6.45) is 1.85. The summed E-state index contributed by atoms with van der Waals surface area (Å²) in [7, 11) is 1.81. The summed E-state index contributed by atoms with van der Waals surface area (Å²) < 4.78 is 13.7. The van der Waals surface area contributed by atoms with Crippen molar-refractivity contribution in [3.8, 4) is 0 Å². The molecule has 0 atom stereocenters. The first kappa shape index (κ1) is 19.4. The molecule has 5 nitrogen and oxygen atoms in total. The van der Waals surface area contributed by atoms with E-state index in [1.54, 1.807) is 24.1 Å². The van der Waals surface area contributed by atoms with Gasteiger partial charge in [0.2, 0.25) is 5.91 Å². The third-order valence-electron chi connectivity index (χ3n) is 3.85. The summed E-state index contributed by atoms with van der Waals surface area (Å²) in [5.41, 5.74) is 0.110. The fourth-order valence-electron chi connectivity index (χ4n) is 2.57. The normalized spacial score (nSPS) is 15.0. The predicted octanol–water partition coefficient (Wildman–Crippen LogP) is 1.58. The maximum absolute atomic E-state index is 13.7. The maximum Gasteiger partial charge on any atom is 0.256 e. The maximum atomic E-state index is 13.7. The molecule has 1 fully saturated rings. The zero-order valence-corrected chi connectivity index (χ0v) is 14.0. The highest BCUT2D eigenvalue weighted by atomic mass is 35.5. The molecule has 1 aliphatic rings. The highest BCUT2D eigenvalue weighted by Crippen LogP contribution is 2.16. The molecule has 7 heteroatoms. The Balaban J connectivity index is 0.00000264. The molecule has 0 bridgehead atoms. The Hall–Kier alpha value is -1.66. The lowest BCUT2D eigenvalue weighted by molar-refractivity contribution is -0.121. The van der Waals surface area contributed by atoms with Crippen LogP contribution in [-0.4, -0.2) is 49.4 Å². The number of piperidine rings is 1. The fraction of sp³-hybridized carbons (Fsp3) is 0.500. The van der Waals surface area contributed by atoms with Crippen LogP contribution in [0.3, 0.4) is 0 Å². The first-order chi connectivity index (χ1) is 10.6. The molecule has 0 unspecified atom stereocenters. The smallest absolute Gasteiger partial charge is 0.256 e. The molecule has 1 aromatic rings. The number of nitrogens with one attached hydrogen (secondary N) is 2. The van der Waals surface area contributed by atoms with Crippen LogP contribution in [0.1, 0.15) is 29.6 Å². The SMILES string of the molecule is CNCCC(=O)NC1CCN(C(=O)c2ccccc2F)CC1.Cl. The van der Waals surface area contributed by atoms with E-state index in [2.05, 4.69) is 10.6 Å². The van der Waals surface area contributed by atoms with Crippen LogP contribution in [0.4, 0.5) is 4.39 Å². The number of amides is 2. The molecule has 0 radical (unpaired) electrons. The zero-order valence-electron chi connectivity index (χ0n) is 13.2. The number of carbonyl (C=O) groups is 2. The van der Waals surface area contributed by atoms with Crippen LogP contribution in [0.5, 0.6) is 0 Å². The van der Waals surface area contributed by atoms with Crippen LogP contribution in [0.25, 0.3) is 0 Å².